The summed E-state index contributed by atoms with van der Waals surface area (Å²) in [6, 6.07) is 4.84. The monoisotopic (exact) mass is 507 g/mol. The number of rotatable bonds is 4. The molecule has 3 atom stereocenters. The van der Waals surface area contributed by atoms with E-state index in [0.717, 1.165) is 5.56 Å². The number of hydrogen-bond acceptors (Lipinski definition) is 8. The Balaban J connectivity index is 1.57. The minimum Gasteiger partial charge on any atom is -0.458 e. The fourth-order valence-electron chi connectivity index (χ4n) is 5.93. The first-order chi connectivity index (χ1) is 17.6. The second-order valence-electron chi connectivity index (χ2n) is 10.3. The third kappa shape index (κ3) is 3.20. The number of carbonyl (C=O) groups excluding carboxylic acids is 1. The van der Waals surface area contributed by atoms with Crippen LogP contribution in [-0.2, 0) is 41.4 Å². The van der Waals surface area contributed by atoms with E-state index in [-0.39, 0.29) is 48.8 Å². The van der Waals surface area contributed by atoms with Crippen LogP contribution in [0.1, 0.15) is 59.8 Å². The van der Waals surface area contributed by atoms with E-state index in [1.807, 2.05) is 6.92 Å². The molecule has 0 aliphatic carbocycles. The molecule has 2 unspecified atom stereocenters. The number of aromatic nitrogens is 4. The molecule has 0 bridgehead atoms. The number of esters is 1. The number of hydrogen-bond donors (Lipinski definition) is 2. The highest BCUT2D eigenvalue weighted by molar-refractivity contribution is 6.08. The van der Waals surface area contributed by atoms with Gasteiger partial charge in [-0.1, -0.05) is 25.1 Å². The number of aliphatic imine (C=N–C) groups is 1. The molecule has 0 saturated heterocycles. The van der Waals surface area contributed by atoms with Crippen molar-refractivity contribution in [2.45, 2.75) is 65.0 Å². The molecular formula is C26H26FN5O5. The zero-order valence-corrected chi connectivity index (χ0v) is 20.7. The van der Waals surface area contributed by atoms with Gasteiger partial charge < -0.3 is 19.5 Å². The average molecular weight is 508 g/mol. The van der Waals surface area contributed by atoms with Gasteiger partial charge in [-0.05, 0) is 30.5 Å². The maximum absolute atomic E-state index is 14.7. The van der Waals surface area contributed by atoms with Gasteiger partial charge in [-0.15, -0.1) is 5.10 Å². The average Bonchev–Trinajstić information content (AvgIpc) is 3.45. The van der Waals surface area contributed by atoms with Gasteiger partial charge in [-0.25, -0.2) is 9.18 Å². The number of fused-ring (bicyclic) bond motifs is 5. The van der Waals surface area contributed by atoms with Gasteiger partial charge in [0.1, 0.15) is 18.1 Å². The predicted octanol–water partition coefficient (Wildman–Crippen LogP) is 1.97. The van der Waals surface area contributed by atoms with Crippen molar-refractivity contribution in [2.24, 2.45) is 10.4 Å². The van der Waals surface area contributed by atoms with E-state index < -0.39 is 22.8 Å². The number of cyclic esters (lactones) is 1. The smallest absolute Gasteiger partial charge is 0.343 e. The topological polar surface area (TPSA) is 132 Å². The normalized spacial score (nSPS) is 25.6. The Kier molecular flexibility index (Phi) is 5.06. The predicted molar refractivity (Wildman–Crippen MR) is 129 cm³/mol. The van der Waals surface area contributed by atoms with Crippen molar-refractivity contribution in [1.29, 1.82) is 0 Å². The molecule has 1 aromatic carbocycles. The van der Waals surface area contributed by atoms with Crippen LogP contribution in [0.5, 0.6) is 0 Å². The standard InChI is InChI=1S/C26H26FN5O5/c1-4-26(36)17-6-21-22-25(3,12-32(21)23(34)16(17)11-37-24(26)35)18(9-31-8-14(10-33)29-30-31)15-5-13(2)19(27)7-20(15)28-22/h5-8,18,33,36H,4,9-12H2,1-3H3/t18?,25?,26-/m0/s1. The van der Waals surface area contributed by atoms with Crippen molar-refractivity contribution >= 4 is 17.4 Å². The Hall–Kier alpha value is -3.70. The molecule has 0 amide bonds. The lowest BCUT2D eigenvalue weighted by Gasteiger charge is -2.38. The molecule has 10 nitrogen and oxygen atoms in total. The summed E-state index contributed by atoms with van der Waals surface area (Å²) in [5.41, 5.74) is 0.732. The van der Waals surface area contributed by atoms with Gasteiger partial charge in [0.25, 0.3) is 5.56 Å². The van der Waals surface area contributed by atoms with Crippen molar-refractivity contribution in [1.82, 2.24) is 19.6 Å². The maximum Gasteiger partial charge on any atom is 0.343 e. The van der Waals surface area contributed by atoms with Gasteiger partial charge in [0.05, 0.1) is 42.0 Å². The molecule has 5 heterocycles. The molecule has 0 spiro atoms. The van der Waals surface area contributed by atoms with E-state index in [1.54, 1.807) is 41.4 Å². The molecule has 2 N–H and O–H groups in total. The minimum absolute atomic E-state index is 0.0426. The first-order valence-corrected chi connectivity index (χ1v) is 12.2. The van der Waals surface area contributed by atoms with Crippen molar-refractivity contribution in [2.75, 3.05) is 0 Å². The summed E-state index contributed by atoms with van der Waals surface area (Å²) < 4.78 is 23.1. The largest absolute Gasteiger partial charge is 0.458 e. The summed E-state index contributed by atoms with van der Waals surface area (Å²) in [6.45, 7) is 5.52. The molecule has 3 aliphatic heterocycles. The number of ether oxygens (including phenoxy) is 1. The summed E-state index contributed by atoms with van der Waals surface area (Å²) in [4.78, 5) is 31.0. The molecule has 192 valence electrons. The third-order valence-corrected chi connectivity index (χ3v) is 8.12. The van der Waals surface area contributed by atoms with E-state index >= 15 is 0 Å². The van der Waals surface area contributed by atoms with Crippen molar-refractivity contribution in [3.05, 3.63) is 74.2 Å². The summed E-state index contributed by atoms with van der Waals surface area (Å²) in [6.07, 6.45) is 1.70. The summed E-state index contributed by atoms with van der Waals surface area (Å²) in [7, 11) is 0. The highest BCUT2D eigenvalue weighted by atomic mass is 19.1. The van der Waals surface area contributed by atoms with Gasteiger partial charge in [0.2, 0.25) is 0 Å². The van der Waals surface area contributed by atoms with Crippen molar-refractivity contribution in [3.63, 3.8) is 0 Å². The Bertz CT molecular complexity index is 1580. The fourth-order valence-corrected chi connectivity index (χ4v) is 5.93. The zero-order valence-electron chi connectivity index (χ0n) is 20.7. The number of benzene rings is 1. The second-order valence-corrected chi connectivity index (χ2v) is 10.3. The van der Waals surface area contributed by atoms with E-state index in [2.05, 4.69) is 10.3 Å². The van der Waals surface area contributed by atoms with Gasteiger partial charge in [0.15, 0.2) is 5.60 Å². The van der Waals surface area contributed by atoms with E-state index in [0.29, 0.717) is 34.9 Å². The van der Waals surface area contributed by atoms with Crippen LogP contribution in [0.4, 0.5) is 10.1 Å². The van der Waals surface area contributed by atoms with Crippen LogP contribution >= 0.6 is 0 Å². The fraction of sp³-hybridized carbons (Fsp3) is 0.423. The van der Waals surface area contributed by atoms with E-state index in [9.17, 15) is 24.2 Å². The number of halogens is 1. The van der Waals surface area contributed by atoms with Crippen LogP contribution < -0.4 is 5.56 Å². The van der Waals surface area contributed by atoms with E-state index in [1.165, 1.54) is 6.07 Å². The number of aliphatic hydroxyl groups is 2. The summed E-state index contributed by atoms with van der Waals surface area (Å²) in [5.74, 6) is -1.45. The van der Waals surface area contributed by atoms with E-state index in [4.69, 9.17) is 9.73 Å². The Morgan fingerprint density at radius 1 is 1.27 bits per heavy atom. The molecule has 0 radical (unpaired) electrons. The van der Waals surface area contributed by atoms with Crippen LogP contribution in [0.2, 0.25) is 0 Å². The highest BCUT2D eigenvalue weighted by Crippen LogP contribution is 2.52. The lowest BCUT2D eigenvalue weighted by molar-refractivity contribution is -0.172. The third-order valence-electron chi connectivity index (χ3n) is 8.12. The van der Waals surface area contributed by atoms with Gasteiger partial charge >= 0.3 is 5.97 Å². The molecule has 2 aromatic heterocycles. The maximum atomic E-state index is 14.7. The first kappa shape index (κ1) is 23.7. The first-order valence-electron chi connectivity index (χ1n) is 12.2. The van der Waals surface area contributed by atoms with Crippen molar-refractivity contribution < 1.29 is 24.1 Å². The summed E-state index contributed by atoms with van der Waals surface area (Å²) >= 11 is 0. The number of aryl methyl sites for hydroxylation is 1. The summed E-state index contributed by atoms with van der Waals surface area (Å²) in [5, 5.41) is 28.7. The number of nitrogens with zero attached hydrogens (tertiary/aromatic N) is 5. The Labute approximate surface area is 211 Å². The SMILES string of the molecule is CC[C@@]1(O)C(=O)OCc2c1cc1n(c2=O)CC2(C)C1=Nc1cc(F)c(C)cc1C2Cn1cc(CO)nn1. The lowest BCUT2D eigenvalue weighted by Crippen LogP contribution is -2.44. The number of pyridine rings is 1. The molecule has 3 aromatic rings. The molecule has 0 saturated carbocycles. The molecule has 37 heavy (non-hydrogen) atoms. The molecule has 3 aliphatic rings. The van der Waals surface area contributed by atoms with Gasteiger partial charge in [0, 0.05) is 29.5 Å². The van der Waals surface area contributed by atoms with Crippen LogP contribution in [0.3, 0.4) is 0 Å². The van der Waals surface area contributed by atoms with Crippen LogP contribution in [0.25, 0.3) is 0 Å². The highest BCUT2D eigenvalue weighted by Gasteiger charge is 2.52. The quantitative estimate of drug-likeness (QED) is 0.516. The molecular weight excluding hydrogens is 481 g/mol. The molecule has 11 heteroatoms. The van der Waals surface area contributed by atoms with Crippen LogP contribution in [0.15, 0.2) is 34.2 Å². The minimum atomic E-state index is -1.93. The number of carbonyl (C=O) groups is 1. The second kappa shape index (κ2) is 7.90. The van der Waals surface area contributed by atoms with Crippen LogP contribution in [-0.4, -0.2) is 41.5 Å². The van der Waals surface area contributed by atoms with Crippen molar-refractivity contribution in [3.8, 4) is 0 Å². The Morgan fingerprint density at radius 3 is 2.76 bits per heavy atom. The van der Waals surface area contributed by atoms with Gasteiger partial charge in [-0.3, -0.25) is 14.5 Å². The van der Waals surface area contributed by atoms with Crippen LogP contribution in [0, 0.1) is 18.2 Å². The molecule has 6 rings (SSSR count). The lowest BCUT2D eigenvalue weighted by atomic mass is 9.68. The Morgan fingerprint density at radius 2 is 2.05 bits per heavy atom. The molecule has 0 fully saturated rings. The number of aliphatic hydroxyl groups excluding tert-OH is 1. The van der Waals surface area contributed by atoms with Gasteiger partial charge in [-0.2, -0.15) is 0 Å². The zero-order chi connectivity index (χ0) is 26.3.